The van der Waals surface area contributed by atoms with Gasteiger partial charge in [-0.1, -0.05) is 0 Å². The molecule has 1 rings (SSSR count). The van der Waals surface area contributed by atoms with Gasteiger partial charge in [0.05, 0.1) is 12.2 Å². The number of aromatic nitrogens is 1. The lowest BCUT2D eigenvalue weighted by Crippen LogP contribution is -2.16. The monoisotopic (exact) mass is 241 g/mol. The van der Waals surface area contributed by atoms with Crippen molar-refractivity contribution in [3.8, 4) is 5.88 Å². The maximum atomic E-state index is 13.0. The van der Waals surface area contributed by atoms with Gasteiger partial charge in [-0.15, -0.1) is 0 Å². The van der Waals surface area contributed by atoms with E-state index in [1.54, 1.807) is 27.7 Å². The number of carbonyl (C=O) groups excluding carboxylic acids is 1. The third-order valence-corrected chi connectivity index (χ3v) is 1.74. The van der Waals surface area contributed by atoms with Gasteiger partial charge in [-0.05, 0) is 39.8 Å². The molecule has 0 amide bonds. The van der Waals surface area contributed by atoms with Crippen LogP contribution in [0.2, 0.25) is 0 Å². The van der Waals surface area contributed by atoms with E-state index in [2.05, 4.69) is 4.98 Å². The number of carbonyl (C=O) groups is 1. The van der Waals surface area contributed by atoms with Crippen LogP contribution in [0.3, 0.4) is 0 Å². The Kier molecular flexibility index (Phi) is 4.43. The molecule has 0 radical (unpaired) electrons. The van der Waals surface area contributed by atoms with Crippen LogP contribution in [-0.2, 0) is 4.74 Å². The van der Waals surface area contributed by atoms with E-state index in [9.17, 15) is 9.18 Å². The number of esters is 1. The molecular weight excluding hydrogens is 225 g/mol. The first kappa shape index (κ1) is 13.4. The lowest BCUT2D eigenvalue weighted by atomic mass is 10.2. The summed E-state index contributed by atoms with van der Waals surface area (Å²) in [5.41, 5.74) is 0.133. The van der Waals surface area contributed by atoms with E-state index in [0.29, 0.717) is 0 Å². The largest absolute Gasteiger partial charge is 0.474 e. The Morgan fingerprint density at radius 2 is 1.88 bits per heavy atom. The van der Waals surface area contributed by atoms with Gasteiger partial charge in [0.1, 0.15) is 5.56 Å². The summed E-state index contributed by atoms with van der Waals surface area (Å²) in [4.78, 5) is 15.3. The van der Waals surface area contributed by atoms with Gasteiger partial charge in [-0.2, -0.15) is 9.37 Å². The summed E-state index contributed by atoms with van der Waals surface area (Å²) in [6.07, 6.45) is -0.450. The van der Waals surface area contributed by atoms with Crippen LogP contribution in [0.1, 0.15) is 38.1 Å². The predicted octanol–water partition coefficient (Wildman–Crippen LogP) is 2.57. The second-order valence-corrected chi connectivity index (χ2v) is 4.11. The fourth-order valence-electron chi connectivity index (χ4n) is 1.16. The van der Waals surface area contributed by atoms with Gasteiger partial charge >= 0.3 is 5.97 Å². The van der Waals surface area contributed by atoms with Crippen molar-refractivity contribution in [2.45, 2.75) is 39.9 Å². The smallest absolute Gasteiger partial charge is 0.343 e. The number of nitrogens with zero attached hydrogens (tertiary/aromatic N) is 1. The number of rotatable bonds is 4. The first-order chi connectivity index (χ1) is 7.90. The summed E-state index contributed by atoms with van der Waals surface area (Å²) < 4.78 is 23.3. The number of ether oxygens (including phenoxy) is 2. The molecule has 1 aromatic rings. The van der Waals surface area contributed by atoms with Gasteiger partial charge in [0.2, 0.25) is 11.8 Å². The highest BCUT2D eigenvalue weighted by Crippen LogP contribution is 2.19. The van der Waals surface area contributed by atoms with E-state index in [4.69, 9.17) is 9.47 Å². The minimum Gasteiger partial charge on any atom is -0.474 e. The highest BCUT2D eigenvalue weighted by molar-refractivity contribution is 5.91. The second kappa shape index (κ2) is 5.61. The molecule has 0 spiro atoms. The Hall–Kier alpha value is -1.65. The van der Waals surface area contributed by atoms with E-state index in [-0.39, 0.29) is 23.7 Å². The van der Waals surface area contributed by atoms with Crippen LogP contribution in [0.25, 0.3) is 0 Å². The fourth-order valence-corrected chi connectivity index (χ4v) is 1.16. The highest BCUT2D eigenvalue weighted by atomic mass is 19.1. The van der Waals surface area contributed by atoms with E-state index in [1.165, 1.54) is 6.07 Å². The van der Waals surface area contributed by atoms with Crippen molar-refractivity contribution in [2.24, 2.45) is 0 Å². The van der Waals surface area contributed by atoms with Crippen molar-refractivity contribution >= 4 is 5.97 Å². The molecule has 0 atom stereocenters. The highest BCUT2D eigenvalue weighted by Gasteiger charge is 2.18. The molecule has 0 fully saturated rings. The first-order valence-corrected chi connectivity index (χ1v) is 5.44. The molecule has 0 bridgehead atoms. The van der Waals surface area contributed by atoms with Crippen LogP contribution >= 0.6 is 0 Å². The summed E-state index contributed by atoms with van der Waals surface area (Å²) in [6.45, 7) is 7.00. The third-order valence-electron chi connectivity index (χ3n) is 1.74. The number of hydrogen-bond acceptors (Lipinski definition) is 4. The van der Waals surface area contributed by atoms with Crippen molar-refractivity contribution in [1.29, 1.82) is 0 Å². The molecule has 0 saturated carbocycles. The van der Waals surface area contributed by atoms with Gasteiger partial charge in [0.15, 0.2) is 0 Å². The summed E-state index contributed by atoms with van der Waals surface area (Å²) in [7, 11) is 0. The Morgan fingerprint density at radius 1 is 1.24 bits per heavy atom. The molecule has 1 aromatic heterocycles. The van der Waals surface area contributed by atoms with Crippen LogP contribution in [-0.4, -0.2) is 23.2 Å². The van der Waals surface area contributed by atoms with Crippen molar-refractivity contribution in [3.63, 3.8) is 0 Å². The minimum absolute atomic E-state index is 0.0364. The Balaban J connectivity index is 3.01. The molecule has 0 aliphatic carbocycles. The lowest BCUT2D eigenvalue weighted by Gasteiger charge is -2.13. The minimum atomic E-state index is -0.693. The molecule has 94 valence electrons. The molecule has 1 heterocycles. The summed E-state index contributed by atoms with van der Waals surface area (Å²) in [6, 6.07) is 2.41. The zero-order valence-corrected chi connectivity index (χ0v) is 10.4. The molecule has 0 aliphatic heterocycles. The molecule has 5 heteroatoms. The molecule has 0 aliphatic rings. The van der Waals surface area contributed by atoms with E-state index in [0.717, 1.165) is 6.07 Å². The average Bonchev–Trinajstić information content (AvgIpc) is 2.15. The van der Waals surface area contributed by atoms with Crippen LogP contribution in [0.4, 0.5) is 4.39 Å². The first-order valence-electron chi connectivity index (χ1n) is 5.44. The molecule has 17 heavy (non-hydrogen) atoms. The third kappa shape index (κ3) is 4.01. The SMILES string of the molecule is CC(C)OC(=O)c1ccc(F)nc1OC(C)C. The predicted molar refractivity (Wildman–Crippen MR) is 60.5 cm³/mol. The number of pyridine rings is 1. The molecular formula is C12H16FNO3. The van der Waals surface area contributed by atoms with Crippen molar-refractivity contribution in [3.05, 3.63) is 23.6 Å². The van der Waals surface area contributed by atoms with E-state index in [1.807, 2.05) is 0 Å². The lowest BCUT2D eigenvalue weighted by molar-refractivity contribution is 0.0370. The van der Waals surface area contributed by atoms with Gasteiger partial charge in [-0.3, -0.25) is 0 Å². The van der Waals surface area contributed by atoms with E-state index < -0.39 is 11.9 Å². The topological polar surface area (TPSA) is 48.4 Å². The Labute approximate surface area is 99.8 Å². The van der Waals surface area contributed by atoms with Crippen LogP contribution in [0.15, 0.2) is 12.1 Å². The maximum absolute atomic E-state index is 13.0. The summed E-state index contributed by atoms with van der Waals surface area (Å²) in [5, 5.41) is 0. The van der Waals surface area contributed by atoms with Gasteiger partial charge in [0, 0.05) is 0 Å². The Bertz CT molecular complexity index is 405. The molecule has 4 nitrogen and oxygen atoms in total. The molecule has 0 unspecified atom stereocenters. The van der Waals surface area contributed by atoms with Gasteiger partial charge < -0.3 is 9.47 Å². The normalized spacial score (nSPS) is 10.8. The maximum Gasteiger partial charge on any atom is 0.343 e. The average molecular weight is 241 g/mol. The van der Waals surface area contributed by atoms with Crippen LogP contribution < -0.4 is 4.74 Å². The second-order valence-electron chi connectivity index (χ2n) is 4.11. The summed E-state index contributed by atoms with van der Waals surface area (Å²) >= 11 is 0. The quantitative estimate of drug-likeness (QED) is 0.600. The Morgan fingerprint density at radius 3 is 2.41 bits per heavy atom. The van der Waals surface area contributed by atoms with E-state index >= 15 is 0 Å². The number of halogens is 1. The van der Waals surface area contributed by atoms with Crippen LogP contribution in [0.5, 0.6) is 5.88 Å². The van der Waals surface area contributed by atoms with Gasteiger partial charge in [0.25, 0.3) is 0 Å². The zero-order valence-electron chi connectivity index (χ0n) is 10.4. The fraction of sp³-hybridized carbons (Fsp3) is 0.500. The number of hydrogen-bond donors (Lipinski definition) is 0. The van der Waals surface area contributed by atoms with Crippen molar-refractivity contribution in [1.82, 2.24) is 4.98 Å². The van der Waals surface area contributed by atoms with Gasteiger partial charge in [-0.25, -0.2) is 4.79 Å². The van der Waals surface area contributed by atoms with Crippen molar-refractivity contribution in [2.75, 3.05) is 0 Å². The molecule has 0 aromatic carbocycles. The van der Waals surface area contributed by atoms with Crippen LogP contribution in [0, 0.1) is 5.95 Å². The van der Waals surface area contributed by atoms with Crippen molar-refractivity contribution < 1.29 is 18.7 Å². The summed E-state index contributed by atoms with van der Waals surface area (Å²) in [5.74, 6) is -1.30. The zero-order chi connectivity index (χ0) is 13.0. The standard InChI is InChI=1S/C12H16FNO3/c1-7(2)16-11-9(5-6-10(13)14-11)12(15)17-8(3)4/h5-8H,1-4H3. The molecule has 0 saturated heterocycles. The molecule has 0 N–H and O–H groups in total.